The maximum Gasteiger partial charge on any atom is 0.229 e. The van der Waals surface area contributed by atoms with E-state index < -0.39 is 0 Å². The molecule has 1 heterocycles. The quantitative estimate of drug-likeness (QED) is 0.692. The van der Waals surface area contributed by atoms with E-state index in [1.54, 1.807) is 6.20 Å². The summed E-state index contributed by atoms with van der Waals surface area (Å²) < 4.78 is 0. The number of aromatic nitrogens is 1. The maximum absolute atomic E-state index is 12.2. The van der Waals surface area contributed by atoms with Crippen LogP contribution in [0.15, 0.2) is 66.9 Å². The van der Waals surface area contributed by atoms with Crippen molar-refractivity contribution in [1.29, 1.82) is 0 Å². The van der Waals surface area contributed by atoms with Crippen LogP contribution in [0.25, 0.3) is 0 Å². The molecule has 0 atom stereocenters. The first-order valence-electron chi connectivity index (χ1n) is 8.70. The largest absolute Gasteiger partial charge is 0.380 e. The van der Waals surface area contributed by atoms with Crippen molar-refractivity contribution in [2.24, 2.45) is 0 Å². The molecule has 0 bridgehead atoms. The van der Waals surface area contributed by atoms with Crippen LogP contribution in [-0.4, -0.2) is 10.9 Å². The van der Waals surface area contributed by atoms with Gasteiger partial charge in [0.1, 0.15) is 5.82 Å². The van der Waals surface area contributed by atoms with Gasteiger partial charge >= 0.3 is 0 Å². The van der Waals surface area contributed by atoms with Crippen molar-refractivity contribution in [3.8, 4) is 0 Å². The molecule has 2 aromatic carbocycles. The minimum Gasteiger partial charge on any atom is -0.380 e. The molecule has 0 aliphatic rings. The van der Waals surface area contributed by atoms with Gasteiger partial charge in [-0.3, -0.25) is 4.79 Å². The normalized spacial score (nSPS) is 10.4. The number of nitrogens with one attached hydrogen (secondary N) is 2. The van der Waals surface area contributed by atoms with Crippen molar-refractivity contribution in [3.05, 3.63) is 89.1 Å². The molecule has 0 unspecified atom stereocenters. The molecule has 2 N–H and O–H groups in total. The smallest absolute Gasteiger partial charge is 0.229 e. The van der Waals surface area contributed by atoms with Crippen LogP contribution in [0, 0.1) is 13.8 Å². The lowest BCUT2D eigenvalue weighted by Gasteiger charge is -2.09. The Labute approximate surface area is 154 Å². The van der Waals surface area contributed by atoms with Crippen LogP contribution >= 0.6 is 0 Å². The third-order valence-electron chi connectivity index (χ3n) is 4.26. The SMILES string of the molecule is Cc1ccc(CNc2ccc(NC(=O)Cc3ccccc3C)nc2)cc1. The first-order chi connectivity index (χ1) is 12.6. The molecule has 0 spiro atoms. The molecule has 3 rings (SSSR count). The second kappa shape index (κ2) is 8.30. The maximum atomic E-state index is 12.2. The number of hydrogen-bond acceptors (Lipinski definition) is 3. The monoisotopic (exact) mass is 345 g/mol. The van der Waals surface area contributed by atoms with Crippen LogP contribution in [0.5, 0.6) is 0 Å². The highest BCUT2D eigenvalue weighted by molar-refractivity contribution is 5.91. The molecule has 26 heavy (non-hydrogen) atoms. The number of benzene rings is 2. The Morgan fingerprint density at radius 3 is 2.42 bits per heavy atom. The highest BCUT2D eigenvalue weighted by atomic mass is 16.1. The van der Waals surface area contributed by atoms with E-state index in [1.807, 2.05) is 43.3 Å². The fourth-order valence-corrected chi connectivity index (χ4v) is 2.65. The molecule has 0 aliphatic heterocycles. The van der Waals surface area contributed by atoms with Crippen molar-refractivity contribution in [2.75, 3.05) is 10.6 Å². The minimum atomic E-state index is -0.0628. The van der Waals surface area contributed by atoms with Gasteiger partial charge in [-0.15, -0.1) is 0 Å². The third kappa shape index (κ3) is 4.93. The van der Waals surface area contributed by atoms with E-state index in [4.69, 9.17) is 0 Å². The minimum absolute atomic E-state index is 0.0628. The number of anilines is 2. The summed E-state index contributed by atoms with van der Waals surface area (Å²) in [5.41, 5.74) is 5.53. The summed E-state index contributed by atoms with van der Waals surface area (Å²) in [6, 6.07) is 20.0. The molecule has 0 saturated carbocycles. The Bertz CT molecular complexity index is 871. The Kier molecular flexibility index (Phi) is 5.64. The second-order valence-corrected chi connectivity index (χ2v) is 6.42. The molecule has 4 nitrogen and oxygen atoms in total. The number of pyridine rings is 1. The zero-order chi connectivity index (χ0) is 18.4. The molecule has 1 amide bonds. The fourth-order valence-electron chi connectivity index (χ4n) is 2.65. The van der Waals surface area contributed by atoms with Gasteiger partial charge in [0.15, 0.2) is 0 Å². The number of amides is 1. The topological polar surface area (TPSA) is 54.0 Å². The molecule has 0 fully saturated rings. The Hall–Kier alpha value is -3.14. The average molecular weight is 345 g/mol. The highest BCUT2D eigenvalue weighted by Crippen LogP contribution is 2.13. The second-order valence-electron chi connectivity index (χ2n) is 6.42. The molecular weight excluding hydrogens is 322 g/mol. The summed E-state index contributed by atoms with van der Waals surface area (Å²) in [6.45, 7) is 4.82. The lowest BCUT2D eigenvalue weighted by Crippen LogP contribution is -2.15. The fraction of sp³-hybridized carbons (Fsp3) is 0.182. The number of aryl methyl sites for hydroxylation is 2. The summed E-state index contributed by atoms with van der Waals surface area (Å²) in [6.07, 6.45) is 2.08. The number of nitrogens with zero attached hydrogens (tertiary/aromatic N) is 1. The van der Waals surface area contributed by atoms with Crippen molar-refractivity contribution >= 4 is 17.4 Å². The van der Waals surface area contributed by atoms with Gasteiger partial charge in [-0.25, -0.2) is 4.98 Å². The van der Waals surface area contributed by atoms with Crippen molar-refractivity contribution in [1.82, 2.24) is 4.98 Å². The van der Waals surface area contributed by atoms with Gasteiger partial charge in [0.25, 0.3) is 0 Å². The Morgan fingerprint density at radius 1 is 0.962 bits per heavy atom. The Morgan fingerprint density at radius 2 is 1.73 bits per heavy atom. The van der Waals surface area contributed by atoms with Gasteiger partial charge in [-0.05, 0) is 42.7 Å². The zero-order valence-electron chi connectivity index (χ0n) is 15.1. The van der Waals surface area contributed by atoms with Crippen LogP contribution < -0.4 is 10.6 Å². The van der Waals surface area contributed by atoms with Gasteiger partial charge in [-0.1, -0.05) is 54.1 Å². The van der Waals surface area contributed by atoms with Crippen LogP contribution in [0.2, 0.25) is 0 Å². The Balaban J connectivity index is 1.53. The third-order valence-corrected chi connectivity index (χ3v) is 4.26. The highest BCUT2D eigenvalue weighted by Gasteiger charge is 2.07. The molecule has 1 aromatic heterocycles. The summed E-state index contributed by atoms with van der Waals surface area (Å²) in [7, 11) is 0. The van der Waals surface area contributed by atoms with E-state index >= 15 is 0 Å². The van der Waals surface area contributed by atoms with E-state index in [1.165, 1.54) is 11.1 Å². The van der Waals surface area contributed by atoms with Gasteiger partial charge in [0.2, 0.25) is 5.91 Å². The van der Waals surface area contributed by atoms with Gasteiger partial charge < -0.3 is 10.6 Å². The summed E-state index contributed by atoms with van der Waals surface area (Å²) in [4.78, 5) is 16.5. The average Bonchev–Trinajstić information content (AvgIpc) is 2.64. The van der Waals surface area contributed by atoms with E-state index in [0.717, 1.165) is 23.4 Å². The summed E-state index contributed by atoms with van der Waals surface area (Å²) >= 11 is 0. The first kappa shape index (κ1) is 17.7. The van der Waals surface area contributed by atoms with Gasteiger partial charge in [0.05, 0.1) is 18.3 Å². The van der Waals surface area contributed by atoms with E-state index in [-0.39, 0.29) is 5.91 Å². The standard InChI is InChI=1S/C22H23N3O/c1-16-7-9-18(10-8-16)14-23-20-11-12-21(24-15-20)25-22(26)13-19-6-4-3-5-17(19)2/h3-12,15,23H,13-14H2,1-2H3,(H,24,25,26). The molecule has 0 radical (unpaired) electrons. The van der Waals surface area contributed by atoms with Crippen molar-refractivity contribution < 1.29 is 4.79 Å². The number of hydrogen-bond donors (Lipinski definition) is 2. The summed E-state index contributed by atoms with van der Waals surface area (Å²) in [5, 5.41) is 6.18. The van der Waals surface area contributed by atoms with Crippen molar-refractivity contribution in [2.45, 2.75) is 26.8 Å². The van der Waals surface area contributed by atoms with E-state index in [0.29, 0.717) is 12.2 Å². The molecule has 4 heteroatoms. The lowest BCUT2D eigenvalue weighted by atomic mass is 10.1. The predicted octanol–water partition coefficient (Wildman–Crippen LogP) is 4.49. The van der Waals surface area contributed by atoms with Crippen LogP contribution in [0.1, 0.15) is 22.3 Å². The van der Waals surface area contributed by atoms with E-state index in [9.17, 15) is 4.79 Å². The number of rotatable bonds is 6. The van der Waals surface area contributed by atoms with Crippen LogP contribution in [0.4, 0.5) is 11.5 Å². The van der Waals surface area contributed by atoms with Crippen LogP contribution in [0.3, 0.4) is 0 Å². The van der Waals surface area contributed by atoms with Gasteiger partial charge in [-0.2, -0.15) is 0 Å². The molecule has 0 aliphatic carbocycles. The van der Waals surface area contributed by atoms with E-state index in [2.05, 4.69) is 46.8 Å². The number of carbonyl (C=O) groups excluding carboxylic acids is 1. The summed E-state index contributed by atoms with van der Waals surface area (Å²) in [5.74, 6) is 0.497. The number of carbonyl (C=O) groups is 1. The van der Waals surface area contributed by atoms with Crippen molar-refractivity contribution in [3.63, 3.8) is 0 Å². The molecule has 132 valence electrons. The zero-order valence-corrected chi connectivity index (χ0v) is 15.1. The lowest BCUT2D eigenvalue weighted by molar-refractivity contribution is -0.115. The molecule has 0 saturated heterocycles. The molecule has 3 aromatic rings. The van der Waals surface area contributed by atoms with Gasteiger partial charge in [0, 0.05) is 6.54 Å². The predicted molar refractivity (Wildman–Crippen MR) is 106 cm³/mol. The first-order valence-corrected chi connectivity index (χ1v) is 8.70. The van der Waals surface area contributed by atoms with Crippen LogP contribution in [-0.2, 0) is 17.8 Å². The molecular formula is C22H23N3O.